The predicted molar refractivity (Wildman–Crippen MR) is 64.2 cm³/mol. The average molecular weight is 237 g/mol. The highest BCUT2D eigenvalue weighted by molar-refractivity contribution is 5.85. The van der Waals surface area contributed by atoms with E-state index in [0.29, 0.717) is 12.8 Å². The highest BCUT2D eigenvalue weighted by atomic mass is 16.4. The fourth-order valence-corrected chi connectivity index (χ4v) is 2.34. The molecular formula is C13H19NO3. The SMILES string of the molecule is C#CCN(C)C(=O)CC1(C(=O)O)CCCCC1. The highest BCUT2D eigenvalue weighted by Gasteiger charge is 2.41. The van der Waals surface area contributed by atoms with Crippen LogP contribution < -0.4 is 0 Å². The first kappa shape index (κ1) is 13.6. The molecular weight excluding hydrogens is 218 g/mol. The molecule has 1 saturated carbocycles. The van der Waals surface area contributed by atoms with Gasteiger partial charge in [-0.05, 0) is 12.8 Å². The molecule has 0 aromatic carbocycles. The molecule has 0 aliphatic heterocycles. The van der Waals surface area contributed by atoms with Gasteiger partial charge in [0, 0.05) is 13.5 Å². The number of hydrogen-bond acceptors (Lipinski definition) is 2. The number of carbonyl (C=O) groups is 2. The van der Waals surface area contributed by atoms with Crippen LogP contribution >= 0.6 is 0 Å². The van der Waals surface area contributed by atoms with Crippen LogP contribution in [0, 0.1) is 17.8 Å². The Morgan fingerprint density at radius 2 is 1.94 bits per heavy atom. The summed E-state index contributed by atoms with van der Waals surface area (Å²) in [5.74, 6) is 1.36. The van der Waals surface area contributed by atoms with Crippen molar-refractivity contribution in [2.75, 3.05) is 13.6 Å². The van der Waals surface area contributed by atoms with Gasteiger partial charge in [-0.15, -0.1) is 6.42 Å². The Morgan fingerprint density at radius 3 is 2.41 bits per heavy atom. The molecule has 0 bridgehead atoms. The van der Waals surface area contributed by atoms with Gasteiger partial charge >= 0.3 is 5.97 Å². The normalized spacial score (nSPS) is 18.1. The molecule has 1 rings (SSSR count). The maximum absolute atomic E-state index is 11.9. The van der Waals surface area contributed by atoms with Crippen LogP contribution in [0.15, 0.2) is 0 Å². The van der Waals surface area contributed by atoms with Gasteiger partial charge in [0.2, 0.25) is 5.91 Å². The van der Waals surface area contributed by atoms with Crippen molar-refractivity contribution in [1.82, 2.24) is 4.90 Å². The predicted octanol–water partition coefficient (Wildman–Crippen LogP) is 1.50. The Morgan fingerprint density at radius 1 is 1.35 bits per heavy atom. The minimum Gasteiger partial charge on any atom is -0.481 e. The minimum atomic E-state index is -0.863. The van der Waals surface area contributed by atoms with Crippen molar-refractivity contribution < 1.29 is 14.7 Å². The minimum absolute atomic E-state index is 0.0700. The Labute approximate surface area is 102 Å². The highest BCUT2D eigenvalue weighted by Crippen LogP contribution is 2.39. The Kier molecular flexibility index (Phi) is 4.56. The second-order valence-electron chi connectivity index (χ2n) is 4.78. The summed E-state index contributed by atoms with van der Waals surface area (Å²) in [6, 6.07) is 0. The van der Waals surface area contributed by atoms with Crippen LogP contribution in [0.1, 0.15) is 38.5 Å². The molecule has 0 radical (unpaired) electrons. The zero-order valence-corrected chi connectivity index (χ0v) is 10.2. The molecule has 0 spiro atoms. The van der Waals surface area contributed by atoms with Crippen molar-refractivity contribution in [3.63, 3.8) is 0 Å². The maximum atomic E-state index is 11.9. The molecule has 17 heavy (non-hydrogen) atoms. The number of rotatable bonds is 4. The molecule has 1 fully saturated rings. The standard InChI is InChI=1S/C13H19NO3/c1-3-9-14(2)11(15)10-13(12(16)17)7-5-4-6-8-13/h1H,4-10H2,2H3,(H,16,17). The van der Waals surface area contributed by atoms with Crippen molar-refractivity contribution in [2.45, 2.75) is 38.5 Å². The zero-order valence-electron chi connectivity index (χ0n) is 10.2. The van der Waals surface area contributed by atoms with Gasteiger partial charge in [0.15, 0.2) is 0 Å². The number of nitrogens with zero attached hydrogens (tertiary/aromatic N) is 1. The number of terminal acetylenes is 1. The lowest BCUT2D eigenvalue weighted by molar-refractivity contribution is -0.155. The first-order valence-electron chi connectivity index (χ1n) is 5.93. The Bertz CT molecular complexity index is 337. The molecule has 94 valence electrons. The van der Waals surface area contributed by atoms with Gasteiger partial charge < -0.3 is 10.0 Å². The van der Waals surface area contributed by atoms with E-state index >= 15 is 0 Å². The van der Waals surface area contributed by atoms with Gasteiger partial charge in [-0.25, -0.2) is 0 Å². The van der Waals surface area contributed by atoms with Crippen LogP contribution in [0.2, 0.25) is 0 Å². The molecule has 0 atom stereocenters. The molecule has 0 aromatic heterocycles. The largest absolute Gasteiger partial charge is 0.481 e. The van der Waals surface area contributed by atoms with Gasteiger partial charge in [-0.3, -0.25) is 9.59 Å². The number of carbonyl (C=O) groups excluding carboxylic acids is 1. The third kappa shape index (κ3) is 3.23. The molecule has 1 aliphatic carbocycles. The maximum Gasteiger partial charge on any atom is 0.310 e. The summed E-state index contributed by atoms with van der Waals surface area (Å²) < 4.78 is 0. The van der Waals surface area contributed by atoms with Crippen molar-refractivity contribution >= 4 is 11.9 Å². The van der Waals surface area contributed by atoms with Gasteiger partial charge in [0.05, 0.1) is 12.0 Å². The first-order valence-corrected chi connectivity index (χ1v) is 5.93. The summed E-state index contributed by atoms with van der Waals surface area (Å²) in [5.41, 5.74) is -0.863. The topological polar surface area (TPSA) is 57.6 Å². The van der Waals surface area contributed by atoms with E-state index in [1.807, 2.05) is 0 Å². The molecule has 0 unspecified atom stereocenters. The van der Waals surface area contributed by atoms with E-state index in [0.717, 1.165) is 19.3 Å². The monoisotopic (exact) mass is 237 g/mol. The van der Waals surface area contributed by atoms with E-state index in [1.54, 1.807) is 7.05 Å². The lowest BCUT2D eigenvalue weighted by Crippen LogP contribution is -2.39. The van der Waals surface area contributed by atoms with E-state index in [-0.39, 0.29) is 18.9 Å². The Balaban J connectivity index is 2.70. The summed E-state index contributed by atoms with van der Waals surface area (Å²) >= 11 is 0. The number of amides is 1. The molecule has 4 heteroatoms. The van der Waals surface area contributed by atoms with Gasteiger partial charge in [-0.1, -0.05) is 25.2 Å². The second-order valence-corrected chi connectivity index (χ2v) is 4.78. The smallest absolute Gasteiger partial charge is 0.310 e. The third-order valence-corrected chi connectivity index (χ3v) is 3.51. The zero-order chi connectivity index (χ0) is 12.9. The summed E-state index contributed by atoms with van der Waals surface area (Å²) in [5, 5.41) is 9.34. The molecule has 1 N–H and O–H groups in total. The van der Waals surface area contributed by atoms with Crippen LogP contribution in [-0.4, -0.2) is 35.5 Å². The molecule has 0 saturated heterocycles. The van der Waals surface area contributed by atoms with Crippen LogP contribution in [-0.2, 0) is 9.59 Å². The van der Waals surface area contributed by atoms with Gasteiger partial charge in [-0.2, -0.15) is 0 Å². The molecule has 0 aromatic rings. The van der Waals surface area contributed by atoms with E-state index in [1.165, 1.54) is 4.90 Å². The van der Waals surface area contributed by atoms with Crippen LogP contribution in [0.25, 0.3) is 0 Å². The molecule has 1 amide bonds. The Hall–Kier alpha value is -1.50. The van der Waals surface area contributed by atoms with Crippen molar-refractivity contribution in [3.8, 4) is 12.3 Å². The van der Waals surface area contributed by atoms with Gasteiger partial charge in [0.25, 0.3) is 0 Å². The van der Waals surface area contributed by atoms with Crippen LogP contribution in [0.5, 0.6) is 0 Å². The number of aliphatic carboxylic acids is 1. The molecule has 4 nitrogen and oxygen atoms in total. The van der Waals surface area contributed by atoms with Crippen molar-refractivity contribution in [1.29, 1.82) is 0 Å². The lowest BCUT2D eigenvalue weighted by atomic mass is 9.71. The van der Waals surface area contributed by atoms with E-state index in [2.05, 4.69) is 5.92 Å². The van der Waals surface area contributed by atoms with E-state index < -0.39 is 11.4 Å². The summed E-state index contributed by atoms with van der Waals surface area (Å²) in [4.78, 5) is 24.7. The fourth-order valence-electron chi connectivity index (χ4n) is 2.34. The first-order chi connectivity index (χ1) is 8.02. The van der Waals surface area contributed by atoms with Crippen LogP contribution in [0.4, 0.5) is 0 Å². The number of hydrogen-bond donors (Lipinski definition) is 1. The summed E-state index contributed by atoms with van der Waals surface area (Å²) in [6.07, 6.45) is 9.23. The van der Waals surface area contributed by atoms with Gasteiger partial charge in [0.1, 0.15) is 0 Å². The fraction of sp³-hybridized carbons (Fsp3) is 0.692. The number of carboxylic acid groups (broad SMARTS) is 1. The van der Waals surface area contributed by atoms with Crippen molar-refractivity contribution in [2.24, 2.45) is 5.41 Å². The average Bonchev–Trinajstić information content (AvgIpc) is 2.30. The van der Waals surface area contributed by atoms with E-state index in [4.69, 9.17) is 6.42 Å². The molecule has 0 heterocycles. The summed E-state index contributed by atoms with van der Waals surface area (Å²) in [6.45, 7) is 0.231. The number of carboxylic acids is 1. The third-order valence-electron chi connectivity index (χ3n) is 3.51. The van der Waals surface area contributed by atoms with Crippen LogP contribution in [0.3, 0.4) is 0 Å². The summed E-state index contributed by atoms with van der Waals surface area (Å²) in [7, 11) is 1.61. The lowest BCUT2D eigenvalue weighted by Gasteiger charge is -2.33. The second kappa shape index (κ2) is 5.72. The van der Waals surface area contributed by atoms with Crippen molar-refractivity contribution in [3.05, 3.63) is 0 Å². The van der Waals surface area contributed by atoms with E-state index in [9.17, 15) is 14.7 Å². The quantitative estimate of drug-likeness (QED) is 0.754. The molecule has 1 aliphatic rings.